The number of ether oxygens (including phenoxy) is 1. The van der Waals surface area contributed by atoms with Crippen molar-refractivity contribution in [2.24, 2.45) is 0 Å². The summed E-state index contributed by atoms with van der Waals surface area (Å²) in [6.07, 6.45) is 2.05. The first-order chi connectivity index (χ1) is 17.3. The smallest absolute Gasteiger partial charge is 0.266 e. The van der Waals surface area contributed by atoms with Crippen molar-refractivity contribution in [3.05, 3.63) is 82.6 Å². The van der Waals surface area contributed by atoms with Crippen LogP contribution in [0.1, 0.15) is 12.8 Å². The van der Waals surface area contributed by atoms with Gasteiger partial charge in [-0.15, -0.1) is 11.3 Å². The van der Waals surface area contributed by atoms with Crippen molar-refractivity contribution in [3.8, 4) is 17.0 Å². The second kappa shape index (κ2) is 11.1. The summed E-state index contributed by atoms with van der Waals surface area (Å²) in [7, 11) is -2.19. The van der Waals surface area contributed by atoms with Crippen LogP contribution in [-0.2, 0) is 21.4 Å². The largest absolute Gasteiger partial charge is 0.497 e. The number of anilines is 2. The van der Waals surface area contributed by atoms with E-state index in [1.807, 2.05) is 24.3 Å². The normalized spacial score (nSPS) is 11.1. The Morgan fingerprint density at radius 3 is 2.64 bits per heavy atom. The maximum absolute atomic E-state index is 12.4. The Balaban J connectivity index is 1.32. The van der Waals surface area contributed by atoms with Crippen LogP contribution in [-0.4, -0.2) is 36.2 Å². The molecular formula is C24H23N5O5S2. The van der Waals surface area contributed by atoms with Gasteiger partial charge in [-0.25, -0.2) is 18.1 Å². The number of hydrogen-bond acceptors (Lipinski definition) is 8. The van der Waals surface area contributed by atoms with Gasteiger partial charge < -0.3 is 10.1 Å². The molecule has 2 aromatic heterocycles. The molecule has 0 bridgehead atoms. The molecule has 36 heavy (non-hydrogen) atoms. The van der Waals surface area contributed by atoms with Crippen LogP contribution < -0.4 is 20.3 Å². The van der Waals surface area contributed by atoms with Crippen molar-refractivity contribution in [1.82, 2.24) is 14.8 Å². The second-order valence-corrected chi connectivity index (χ2v) is 10.2. The summed E-state index contributed by atoms with van der Waals surface area (Å²) >= 11 is 1.17. The third-order valence-electron chi connectivity index (χ3n) is 5.11. The first-order valence-corrected chi connectivity index (χ1v) is 13.3. The van der Waals surface area contributed by atoms with Crippen LogP contribution >= 0.6 is 11.3 Å². The van der Waals surface area contributed by atoms with E-state index < -0.39 is 10.0 Å². The highest BCUT2D eigenvalue weighted by Crippen LogP contribution is 2.22. The average molecular weight is 526 g/mol. The zero-order chi connectivity index (χ0) is 25.5. The van der Waals surface area contributed by atoms with Gasteiger partial charge in [0, 0.05) is 41.9 Å². The van der Waals surface area contributed by atoms with Gasteiger partial charge >= 0.3 is 0 Å². The summed E-state index contributed by atoms with van der Waals surface area (Å²) in [5, 5.41) is 9.08. The molecule has 0 aliphatic heterocycles. The van der Waals surface area contributed by atoms with Crippen molar-refractivity contribution < 1.29 is 17.9 Å². The molecule has 0 saturated heterocycles. The number of carbonyl (C=O) groups excluding carboxylic acids is 1. The lowest BCUT2D eigenvalue weighted by Crippen LogP contribution is -2.23. The average Bonchev–Trinajstić information content (AvgIpc) is 3.38. The fourth-order valence-corrected chi connectivity index (χ4v) is 5.11. The van der Waals surface area contributed by atoms with Crippen molar-refractivity contribution >= 4 is 38.1 Å². The van der Waals surface area contributed by atoms with E-state index in [9.17, 15) is 18.0 Å². The zero-order valence-corrected chi connectivity index (χ0v) is 20.9. The van der Waals surface area contributed by atoms with Crippen molar-refractivity contribution in [2.75, 3.05) is 17.1 Å². The van der Waals surface area contributed by atoms with Gasteiger partial charge in [-0.2, -0.15) is 5.10 Å². The number of rotatable bonds is 10. The first kappa shape index (κ1) is 25.1. The molecule has 1 amide bonds. The van der Waals surface area contributed by atoms with Gasteiger partial charge in [0.05, 0.1) is 17.7 Å². The number of hydrogen-bond donors (Lipinski definition) is 2. The highest BCUT2D eigenvalue weighted by Gasteiger charge is 2.15. The Bertz CT molecular complexity index is 1500. The van der Waals surface area contributed by atoms with E-state index in [4.69, 9.17) is 4.74 Å². The predicted octanol–water partition coefficient (Wildman–Crippen LogP) is 3.60. The first-order valence-electron chi connectivity index (χ1n) is 10.9. The molecule has 186 valence electrons. The molecule has 0 fully saturated rings. The summed E-state index contributed by atoms with van der Waals surface area (Å²) in [4.78, 5) is 28.6. The van der Waals surface area contributed by atoms with Crippen LogP contribution in [0.15, 0.2) is 81.9 Å². The molecular weight excluding hydrogens is 502 g/mol. The minimum atomic E-state index is -3.77. The fourth-order valence-electron chi connectivity index (χ4n) is 3.32. The molecule has 10 nitrogen and oxygen atoms in total. The zero-order valence-electron chi connectivity index (χ0n) is 19.2. The minimum Gasteiger partial charge on any atom is -0.497 e. The maximum atomic E-state index is 12.4. The van der Waals surface area contributed by atoms with E-state index in [2.05, 4.69) is 20.1 Å². The van der Waals surface area contributed by atoms with Crippen LogP contribution in [0, 0.1) is 0 Å². The third kappa shape index (κ3) is 6.34. The van der Waals surface area contributed by atoms with E-state index in [1.165, 1.54) is 52.5 Å². The quantitative estimate of drug-likeness (QED) is 0.323. The summed E-state index contributed by atoms with van der Waals surface area (Å²) in [5.74, 6) is 0.425. The standard InChI is InChI=1S/C24H23N5O5S2/c1-34-19-5-2-4-17(16-19)21-11-12-23(31)29(27-21)14-3-6-22(30)26-18-7-9-20(10-8-18)36(32,33)28-24-25-13-15-35-24/h2,4-5,7-13,15-16H,3,6,14H2,1H3,(H,25,28)(H,26,30). The molecule has 4 aromatic rings. The van der Waals surface area contributed by atoms with Gasteiger partial charge in [0.25, 0.3) is 15.6 Å². The van der Waals surface area contributed by atoms with Crippen molar-refractivity contribution in [2.45, 2.75) is 24.3 Å². The van der Waals surface area contributed by atoms with E-state index in [0.29, 0.717) is 23.6 Å². The topological polar surface area (TPSA) is 132 Å². The summed E-state index contributed by atoms with van der Waals surface area (Å²) in [6.45, 7) is 0.268. The maximum Gasteiger partial charge on any atom is 0.266 e. The lowest BCUT2D eigenvalue weighted by atomic mass is 10.1. The predicted molar refractivity (Wildman–Crippen MR) is 138 cm³/mol. The minimum absolute atomic E-state index is 0.0528. The monoisotopic (exact) mass is 525 g/mol. The Kier molecular flexibility index (Phi) is 7.76. The molecule has 0 aliphatic carbocycles. The van der Waals surface area contributed by atoms with E-state index in [1.54, 1.807) is 18.6 Å². The van der Waals surface area contributed by atoms with E-state index in [0.717, 1.165) is 5.56 Å². The number of aryl methyl sites for hydroxylation is 1. The Labute approximate surface area is 211 Å². The van der Waals surface area contributed by atoms with Crippen LogP contribution in [0.4, 0.5) is 10.8 Å². The van der Waals surface area contributed by atoms with Crippen molar-refractivity contribution in [3.63, 3.8) is 0 Å². The number of thiazole rings is 1. The van der Waals surface area contributed by atoms with Gasteiger partial charge in [-0.05, 0) is 48.9 Å². The van der Waals surface area contributed by atoms with Crippen molar-refractivity contribution in [1.29, 1.82) is 0 Å². The molecule has 12 heteroatoms. The molecule has 0 atom stereocenters. The lowest BCUT2D eigenvalue weighted by Gasteiger charge is -2.09. The number of carbonyl (C=O) groups is 1. The van der Waals surface area contributed by atoms with E-state index >= 15 is 0 Å². The Hall–Kier alpha value is -4.03. The molecule has 2 heterocycles. The van der Waals surface area contributed by atoms with Gasteiger partial charge in [0.1, 0.15) is 5.75 Å². The number of methoxy groups -OCH3 is 1. The van der Waals surface area contributed by atoms with Crippen LogP contribution in [0.3, 0.4) is 0 Å². The molecule has 0 saturated carbocycles. The molecule has 0 spiro atoms. The summed E-state index contributed by atoms with van der Waals surface area (Å²) in [5.41, 5.74) is 1.64. The number of benzene rings is 2. The summed E-state index contributed by atoms with van der Waals surface area (Å²) < 4.78 is 33.8. The number of nitrogens with one attached hydrogen (secondary N) is 2. The molecule has 2 N–H and O–H groups in total. The highest BCUT2D eigenvalue weighted by molar-refractivity contribution is 7.93. The third-order valence-corrected chi connectivity index (χ3v) is 7.28. The Morgan fingerprint density at radius 1 is 1.11 bits per heavy atom. The molecule has 2 aromatic carbocycles. The molecule has 0 unspecified atom stereocenters. The van der Waals surface area contributed by atoms with Gasteiger partial charge in [0.2, 0.25) is 5.91 Å². The molecule has 0 aliphatic rings. The number of sulfonamides is 1. The van der Waals surface area contributed by atoms with Gasteiger partial charge in [-0.3, -0.25) is 14.3 Å². The molecule has 4 rings (SSSR count). The van der Waals surface area contributed by atoms with Crippen LogP contribution in [0.2, 0.25) is 0 Å². The van der Waals surface area contributed by atoms with Crippen LogP contribution in [0.5, 0.6) is 5.75 Å². The van der Waals surface area contributed by atoms with Gasteiger partial charge in [-0.1, -0.05) is 12.1 Å². The Morgan fingerprint density at radius 2 is 1.92 bits per heavy atom. The summed E-state index contributed by atoms with van der Waals surface area (Å²) in [6, 6.07) is 16.3. The lowest BCUT2D eigenvalue weighted by molar-refractivity contribution is -0.116. The van der Waals surface area contributed by atoms with E-state index in [-0.39, 0.29) is 34.5 Å². The highest BCUT2D eigenvalue weighted by atomic mass is 32.2. The van der Waals surface area contributed by atoms with Gasteiger partial charge in [0.15, 0.2) is 5.13 Å². The number of aromatic nitrogens is 3. The molecule has 0 radical (unpaired) electrons. The van der Waals surface area contributed by atoms with Crippen LogP contribution in [0.25, 0.3) is 11.3 Å². The SMILES string of the molecule is COc1cccc(-c2ccc(=O)n(CCCC(=O)Nc3ccc(S(=O)(=O)Nc4nccs4)cc3)n2)c1. The number of nitrogens with zero attached hydrogens (tertiary/aromatic N) is 3. The second-order valence-electron chi connectivity index (χ2n) is 7.63. The number of amides is 1. The fraction of sp³-hybridized carbons (Fsp3) is 0.167.